The van der Waals surface area contributed by atoms with Gasteiger partial charge in [0, 0.05) is 0 Å². The Bertz CT molecular complexity index is 112. The van der Waals surface area contributed by atoms with Gasteiger partial charge in [0.1, 0.15) is 4.83 Å². The lowest BCUT2D eigenvalue weighted by molar-refractivity contribution is -0.141. The van der Waals surface area contributed by atoms with Crippen LogP contribution in [0.25, 0.3) is 0 Å². The van der Waals surface area contributed by atoms with E-state index in [1.807, 2.05) is 0 Å². The Hall–Kier alpha value is -0.310. The third-order valence-electron chi connectivity index (χ3n) is 0.719. The maximum atomic E-state index is 10.6. The Kier molecular flexibility index (Phi) is 4.40. The summed E-state index contributed by atoms with van der Waals surface area (Å²) in [5.74, 6) is -0.285. The number of hydrogen-bond donors (Lipinski definition) is 0. The first-order chi connectivity index (χ1) is 4.22. The number of carbonyl (C=O) groups is 1. The molecule has 0 fully saturated rings. The molecule has 9 heavy (non-hydrogen) atoms. The van der Waals surface area contributed by atoms with Crippen molar-refractivity contribution in [1.82, 2.24) is 0 Å². The number of halogens is 1. The van der Waals surface area contributed by atoms with E-state index in [-0.39, 0.29) is 10.8 Å². The average molecular weight is 193 g/mol. The third-order valence-corrected chi connectivity index (χ3v) is 1.47. The van der Waals surface area contributed by atoms with E-state index in [0.29, 0.717) is 6.61 Å². The van der Waals surface area contributed by atoms with E-state index in [2.05, 4.69) is 27.2 Å². The van der Waals surface area contributed by atoms with Gasteiger partial charge in [0.15, 0.2) is 0 Å². The van der Waals surface area contributed by atoms with E-state index >= 15 is 0 Å². The van der Waals surface area contributed by atoms with Gasteiger partial charge >= 0.3 is 5.97 Å². The highest BCUT2D eigenvalue weighted by Gasteiger charge is 2.09. The fourth-order valence-corrected chi connectivity index (χ4v) is 0.450. The van der Waals surface area contributed by atoms with Gasteiger partial charge in [-0.2, -0.15) is 0 Å². The molecule has 0 aromatic carbocycles. The molecule has 0 heterocycles. The fraction of sp³-hybridized carbons (Fsp3) is 0.500. The Morgan fingerprint density at radius 1 is 2.00 bits per heavy atom. The van der Waals surface area contributed by atoms with Crippen LogP contribution < -0.4 is 0 Å². The molecule has 0 saturated heterocycles. The Morgan fingerprint density at radius 3 is 2.89 bits per heavy atom. The van der Waals surface area contributed by atoms with Crippen LogP contribution in [-0.2, 0) is 9.53 Å². The van der Waals surface area contributed by atoms with Crippen LogP contribution in [0.3, 0.4) is 0 Å². The summed E-state index contributed by atoms with van der Waals surface area (Å²) in [5, 5.41) is 0. The highest BCUT2D eigenvalue weighted by molar-refractivity contribution is 9.10. The van der Waals surface area contributed by atoms with Gasteiger partial charge in [-0.05, 0) is 6.92 Å². The number of esters is 1. The molecule has 0 N–H and O–H groups in total. The predicted octanol–water partition coefficient (Wildman–Crippen LogP) is 1.50. The summed E-state index contributed by atoms with van der Waals surface area (Å²) in [6, 6.07) is 0. The zero-order valence-electron chi connectivity index (χ0n) is 5.26. The number of alkyl halides is 1. The van der Waals surface area contributed by atoms with Crippen molar-refractivity contribution < 1.29 is 9.53 Å². The zero-order valence-corrected chi connectivity index (χ0v) is 6.85. The van der Waals surface area contributed by atoms with Gasteiger partial charge in [0.05, 0.1) is 6.61 Å². The van der Waals surface area contributed by atoms with Gasteiger partial charge in [-0.15, -0.1) is 6.58 Å². The molecule has 0 aliphatic carbocycles. The van der Waals surface area contributed by atoms with Crippen molar-refractivity contribution in [3.05, 3.63) is 12.7 Å². The van der Waals surface area contributed by atoms with Crippen LogP contribution in [0.15, 0.2) is 12.7 Å². The minimum Gasteiger partial charge on any atom is -0.465 e. The molecule has 0 aliphatic heterocycles. The second-order valence-electron chi connectivity index (χ2n) is 1.39. The molecule has 0 aromatic heterocycles. The molecule has 3 heteroatoms. The molecule has 52 valence electrons. The maximum Gasteiger partial charge on any atom is 0.323 e. The fourth-order valence-electron chi connectivity index (χ4n) is 0.318. The van der Waals surface area contributed by atoms with Crippen molar-refractivity contribution >= 4 is 21.9 Å². The smallest absolute Gasteiger partial charge is 0.323 e. The first-order valence-electron chi connectivity index (χ1n) is 2.65. The van der Waals surface area contributed by atoms with E-state index < -0.39 is 0 Å². The van der Waals surface area contributed by atoms with Crippen LogP contribution in [0.1, 0.15) is 6.92 Å². The second-order valence-corrected chi connectivity index (χ2v) is 2.38. The molecule has 2 nitrogen and oxygen atoms in total. The van der Waals surface area contributed by atoms with E-state index in [0.717, 1.165) is 0 Å². The summed E-state index contributed by atoms with van der Waals surface area (Å²) in [7, 11) is 0. The van der Waals surface area contributed by atoms with Crippen LogP contribution in [0, 0.1) is 0 Å². The number of hydrogen-bond acceptors (Lipinski definition) is 2. The van der Waals surface area contributed by atoms with Crippen molar-refractivity contribution in [2.45, 2.75) is 11.8 Å². The van der Waals surface area contributed by atoms with E-state index in [4.69, 9.17) is 0 Å². The molecule has 1 atom stereocenters. The van der Waals surface area contributed by atoms with Gasteiger partial charge in [-0.25, -0.2) is 0 Å². The van der Waals surface area contributed by atoms with Crippen LogP contribution in [0.2, 0.25) is 0 Å². The normalized spacial score (nSPS) is 12.2. The number of carbonyl (C=O) groups excluding carboxylic acids is 1. The second kappa shape index (κ2) is 4.56. The van der Waals surface area contributed by atoms with Crippen molar-refractivity contribution in [3.63, 3.8) is 0 Å². The summed E-state index contributed by atoms with van der Waals surface area (Å²) in [5.41, 5.74) is 0. The van der Waals surface area contributed by atoms with Gasteiger partial charge in [-0.3, -0.25) is 4.79 Å². The van der Waals surface area contributed by atoms with Crippen LogP contribution in [0.4, 0.5) is 0 Å². The maximum absolute atomic E-state index is 10.6. The minimum absolute atomic E-state index is 0.285. The van der Waals surface area contributed by atoms with E-state index in [1.54, 1.807) is 6.92 Å². The first kappa shape index (κ1) is 8.69. The van der Waals surface area contributed by atoms with Crippen molar-refractivity contribution in [3.8, 4) is 0 Å². The molecule has 0 bridgehead atoms. The lowest BCUT2D eigenvalue weighted by Gasteiger charge is -2.01. The lowest BCUT2D eigenvalue weighted by Crippen LogP contribution is -2.14. The molecular formula is C6H9BrO2. The molecular weight excluding hydrogens is 184 g/mol. The number of rotatable bonds is 3. The van der Waals surface area contributed by atoms with E-state index in [1.165, 1.54) is 6.08 Å². The van der Waals surface area contributed by atoms with Crippen LogP contribution in [-0.4, -0.2) is 17.4 Å². The molecule has 0 aliphatic rings. The standard InChI is InChI=1S/C6H9BrO2/c1-3-5(7)6(8)9-4-2/h3,5H,1,4H2,2H3. The monoisotopic (exact) mass is 192 g/mol. The lowest BCUT2D eigenvalue weighted by atomic mass is 10.4. The summed E-state index contributed by atoms with van der Waals surface area (Å²) in [6.07, 6.45) is 1.48. The SMILES string of the molecule is C=CC(Br)C(=O)OCC. The third kappa shape index (κ3) is 3.30. The van der Waals surface area contributed by atoms with Crippen molar-refractivity contribution in [2.24, 2.45) is 0 Å². The summed E-state index contributed by atoms with van der Waals surface area (Å²) in [6.45, 7) is 5.59. The molecule has 0 aromatic rings. The van der Waals surface area contributed by atoms with Gasteiger partial charge in [0.2, 0.25) is 0 Å². The summed E-state index contributed by atoms with van der Waals surface area (Å²) < 4.78 is 4.64. The molecule has 1 unspecified atom stereocenters. The molecule has 0 amide bonds. The summed E-state index contributed by atoms with van der Waals surface area (Å²) >= 11 is 3.05. The molecule has 0 saturated carbocycles. The highest BCUT2D eigenvalue weighted by atomic mass is 79.9. The Morgan fingerprint density at radius 2 is 2.56 bits per heavy atom. The molecule has 0 radical (unpaired) electrons. The van der Waals surface area contributed by atoms with Crippen molar-refractivity contribution in [1.29, 1.82) is 0 Å². The average Bonchev–Trinajstić information content (AvgIpc) is 1.87. The van der Waals surface area contributed by atoms with E-state index in [9.17, 15) is 4.79 Å². The topological polar surface area (TPSA) is 26.3 Å². The predicted molar refractivity (Wildman–Crippen MR) is 39.5 cm³/mol. The highest BCUT2D eigenvalue weighted by Crippen LogP contribution is 2.01. The minimum atomic E-state index is -0.363. The Balaban J connectivity index is 3.58. The first-order valence-corrected chi connectivity index (χ1v) is 3.57. The van der Waals surface area contributed by atoms with Crippen molar-refractivity contribution in [2.75, 3.05) is 6.61 Å². The molecule has 0 rings (SSSR count). The Labute approximate surface area is 63.0 Å². The number of ether oxygens (including phenoxy) is 1. The van der Waals surface area contributed by atoms with Gasteiger partial charge < -0.3 is 4.74 Å². The van der Waals surface area contributed by atoms with Gasteiger partial charge in [-0.1, -0.05) is 22.0 Å². The van der Waals surface area contributed by atoms with Crippen LogP contribution in [0.5, 0.6) is 0 Å². The molecule has 0 spiro atoms. The quantitative estimate of drug-likeness (QED) is 0.385. The zero-order chi connectivity index (χ0) is 7.28. The summed E-state index contributed by atoms with van der Waals surface area (Å²) in [4.78, 5) is 10.3. The van der Waals surface area contributed by atoms with Gasteiger partial charge in [0.25, 0.3) is 0 Å². The largest absolute Gasteiger partial charge is 0.465 e. The van der Waals surface area contributed by atoms with Crippen LogP contribution >= 0.6 is 15.9 Å².